The van der Waals surface area contributed by atoms with Crippen molar-refractivity contribution in [3.63, 3.8) is 0 Å². The Hall–Kier alpha value is -0.790. The largest absolute Gasteiger partial charge is 0.456 e. The van der Waals surface area contributed by atoms with Crippen LogP contribution >= 0.6 is 0 Å². The molecule has 0 aromatic heterocycles. The van der Waals surface area contributed by atoms with Gasteiger partial charge in [0, 0.05) is 12.0 Å². The fourth-order valence-corrected chi connectivity index (χ4v) is 3.47. The van der Waals surface area contributed by atoms with Crippen LogP contribution in [0.1, 0.15) is 39.5 Å². The molecular weight excluding hydrogens is 188 g/mol. The molecule has 15 heavy (non-hydrogen) atoms. The zero-order chi connectivity index (χ0) is 11.1. The summed E-state index contributed by atoms with van der Waals surface area (Å²) in [5, 5.41) is 0. The summed E-state index contributed by atoms with van der Waals surface area (Å²) < 4.78 is 5.47. The number of ether oxygens (including phenoxy) is 1. The molecule has 0 N–H and O–H groups in total. The van der Waals surface area contributed by atoms with Crippen LogP contribution in [0.25, 0.3) is 0 Å². The predicted octanol–water partition coefficient (Wildman–Crippen LogP) is 2.93. The Labute approximate surface area is 91.7 Å². The van der Waals surface area contributed by atoms with E-state index in [0.717, 1.165) is 11.8 Å². The van der Waals surface area contributed by atoms with E-state index in [1.54, 1.807) is 0 Å². The highest BCUT2D eigenvalue weighted by atomic mass is 16.6. The number of fused-ring (bicyclic) bond motifs is 2. The van der Waals surface area contributed by atoms with Gasteiger partial charge in [-0.25, -0.2) is 4.79 Å². The van der Waals surface area contributed by atoms with E-state index in [9.17, 15) is 4.79 Å². The van der Waals surface area contributed by atoms with Crippen LogP contribution in [0.2, 0.25) is 0 Å². The van der Waals surface area contributed by atoms with Crippen molar-refractivity contribution in [2.45, 2.75) is 45.1 Å². The predicted molar refractivity (Wildman–Crippen MR) is 59.3 cm³/mol. The van der Waals surface area contributed by atoms with E-state index in [1.165, 1.54) is 31.8 Å². The van der Waals surface area contributed by atoms with E-state index in [-0.39, 0.29) is 11.6 Å². The molecule has 2 aliphatic carbocycles. The highest BCUT2D eigenvalue weighted by molar-refractivity contribution is 5.81. The van der Waals surface area contributed by atoms with E-state index >= 15 is 0 Å². The van der Waals surface area contributed by atoms with Gasteiger partial charge in [0.05, 0.1) is 0 Å². The first kappa shape index (κ1) is 10.7. The molecule has 0 spiro atoms. The quantitative estimate of drug-likeness (QED) is 0.526. The summed E-state index contributed by atoms with van der Waals surface area (Å²) in [4.78, 5) is 11.3. The van der Waals surface area contributed by atoms with Crippen LogP contribution in [0.4, 0.5) is 0 Å². The lowest BCUT2D eigenvalue weighted by atomic mass is 9.78. The molecule has 2 bridgehead atoms. The average Bonchev–Trinajstić information content (AvgIpc) is 2.77. The maximum Gasteiger partial charge on any atom is 0.330 e. The molecule has 0 amide bonds. The van der Waals surface area contributed by atoms with Crippen LogP contribution in [-0.2, 0) is 9.53 Å². The highest BCUT2D eigenvalue weighted by Gasteiger charge is 2.47. The van der Waals surface area contributed by atoms with Crippen molar-refractivity contribution < 1.29 is 9.53 Å². The lowest BCUT2D eigenvalue weighted by Gasteiger charge is -2.36. The third-order valence-corrected chi connectivity index (χ3v) is 4.16. The zero-order valence-corrected chi connectivity index (χ0v) is 9.66. The number of hydrogen-bond donors (Lipinski definition) is 0. The van der Waals surface area contributed by atoms with Crippen LogP contribution in [0, 0.1) is 17.8 Å². The summed E-state index contributed by atoms with van der Waals surface area (Å²) >= 11 is 0. The van der Waals surface area contributed by atoms with Gasteiger partial charge in [-0.05, 0) is 44.9 Å². The molecule has 3 unspecified atom stereocenters. The average molecular weight is 208 g/mol. The van der Waals surface area contributed by atoms with Gasteiger partial charge in [0.15, 0.2) is 0 Å². The number of rotatable bonds is 3. The monoisotopic (exact) mass is 208 g/mol. The molecule has 0 aromatic carbocycles. The van der Waals surface area contributed by atoms with Crippen molar-refractivity contribution in [3.05, 3.63) is 12.7 Å². The Balaban J connectivity index is 2.02. The first-order valence-corrected chi connectivity index (χ1v) is 5.88. The first-order chi connectivity index (χ1) is 7.03. The molecule has 0 saturated heterocycles. The molecule has 0 radical (unpaired) electrons. The molecule has 2 saturated carbocycles. The van der Waals surface area contributed by atoms with Crippen molar-refractivity contribution in [1.29, 1.82) is 0 Å². The minimum atomic E-state index is -0.314. The minimum Gasteiger partial charge on any atom is -0.456 e. The van der Waals surface area contributed by atoms with E-state index in [1.807, 2.05) is 13.8 Å². The molecule has 2 aliphatic rings. The van der Waals surface area contributed by atoms with E-state index in [0.29, 0.717) is 5.92 Å². The van der Waals surface area contributed by atoms with E-state index in [4.69, 9.17) is 4.74 Å². The molecule has 0 heterocycles. The molecule has 2 rings (SSSR count). The molecule has 2 nitrogen and oxygen atoms in total. The lowest BCUT2D eigenvalue weighted by molar-refractivity contribution is -0.157. The van der Waals surface area contributed by atoms with Gasteiger partial charge in [-0.15, -0.1) is 0 Å². The third-order valence-electron chi connectivity index (χ3n) is 4.16. The van der Waals surface area contributed by atoms with Gasteiger partial charge in [-0.1, -0.05) is 13.0 Å². The number of carbonyl (C=O) groups is 1. The molecule has 3 atom stereocenters. The Morgan fingerprint density at radius 3 is 2.60 bits per heavy atom. The van der Waals surface area contributed by atoms with Crippen molar-refractivity contribution in [2.24, 2.45) is 17.8 Å². The van der Waals surface area contributed by atoms with Gasteiger partial charge >= 0.3 is 5.97 Å². The Morgan fingerprint density at radius 1 is 1.40 bits per heavy atom. The van der Waals surface area contributed by atoms with E-state index < -0.39 is 0 Å². The van der Waals surface area contributed by atoms with Gasteiger partial charge in [-0.3, -0.25) is 0 Å². The van der Waals surface area contributed by atoms with Crippen LogP contribution in [0.5, 0.6) is 0 Å². The second-order valence-corrected chi connectivity index (χ2v) is 5.51. The molecule has 84 valence electrons. The van der Waals surface area contributed by atoms with Crippen molar-refractivity contribution in [2.75, 3.05) is 0 Å². The molecule has 0 aromatic rings. The third kappa shape index (κ3) is 1.95. The SMILES string of the molecule is C=CC(=O)OC(C)(C)C1CC2CCC1C2. The number of hydrogen-bond acceptors (Lipinski definition) is 2. The topological polar surface area (TPSA) is 26.3 Å². The van der Waals surface area contributed by atoms with Crippen LogP contribution in [-0.4, -0.2) is 11.6 Å². The fraction of sp³-hybridized carbons (Fsp3) is 0.769. The molecule has 0 aliphatic heterocycles. The summed E-state index contributed by atoms with van der Waals surface area (Å²) in [6, 6.07) is 0. The first-order valence-electron chi connectivity index (χ1n) is 5.88. The minimum absolute atomic E-state index is 0.289. The smallest absolute Gasteiger partial charge is 0.330 e. The van der Waals surface area contributed by atoms with E-state index in [2.05, 4.69) is 6.58 Å². The fourth-order valence-electron chi connectivity index (χ4n) is 3.47. The Morgan fingerprint density at radius 2 is 2.13 bits per heavy atom. The van der Waals surface area contributed by atoms with Crippen LogP contribution in [0.3, 0.4) is 0 Å². The van der Waals surface area contributed by atoms with Crippen molar-refractivity contribution >= 4 is 5.97 Å². The Bertz CT molecular complexity index is 280. The summed E-state index contributed by atoms with van der Waals surface area (Å²) in [5.41, 5.74) is -0.314. The summed E-state index contributed by atoms with van der Waals surface area (Å²) in [6.45, 7) is 7.53. The summed E-state index contributed by atoms with van der Waals surface area (Å²) in [6.07, 6.45) is 6.55. The standard InChI is InChI=1S/C13H20O2/c1-4-12(14)15-13(2,3)11-8-9-5-6-10(11)7-9/h4,9-11H,1,5-8H2,2-3H3. The van der Waals surface area contributed by atoms with Gasteiger partial charge in [0.25, 0.3) is 0 Å². The second-order valence-electron chi connectivity index (χ2n) is 5.51. The highest BCUT2D eigenvalue weighted by Crippen LogP contribution is 2.52. The number of carbonyl (C=O) groups excluding carboxylic acids is 1. The molecule has 2 heteroatoms. The Kier molecular flexibility index (Phi) is 2.61. The van der Waals surface area contributed by atoms with Gasteiger partial charge in [0.1, 0.15) is 5.60 Å². The zero-order valence-electron chi connectivity index (χ0n) is 9.66. The van der Waals surface area contributed by atoms with Crippen LogP contribution < -0.4 is 0 Å². The molecular formula is C13H20O2. The van der Waals surface area contributed by atoms with Gasteiger partial charge in [-0.2, -0.15) is 0 Å². The van der Waals surface area contributed by atoms with Crippen molar-refractivity contribution in [3.8, 4) is 0 Å². The summed E-state index contributed by atoms with van der Waals surface area (Å²) in [7, 11) is 0. The van der Waals surface area contributed by atoms with Crippen LogP contribution in [0.15, 0.2) is 12.7 Å². The maximum absolute atomic E-state index is 11.3. The van der Waals surface area contributed by atoms with Gasteiger partial charge < -0.3 is 4.74 Å². The number of esters is 1. The summed E-state index contributed by atoms with van der Waals surface area (Å²) in [5.74, 6) is 1.94. The normalized spacial score (nSPS) is 34.1. The maximum atomic E-state index is 11.3. The molecule has 2 fully saturated rings. The second kappa shape index (κ2) is 3.66. The van der Waals surface area contributed by atoms with Crippen molar-refractivity contribution in [1.82, 2.24) is 0 Å². The van der Waals surface area contributed by atoms with Gasteiger partial charge in [0.2, 0.25) is 0 Å². The lowest BCUT2D eigenvalue weighted by Crippen LogP contribution is -2.39.